The molecule has 0 spiro atoms. The van der Waals surface area contributed by atoms with Crippen LogP contribution in [0.5, 0.6) is 0 Å². The summed E-state index contributed by atoms with van der Waals surface area (Å²) in [6, 6.07) is 10.7. The van der Waals surface area contributed by atoms with Crippen LogP contribution in [-0.2, 0) is 0 Å². The molecule has 0 aliphatic carbocycles. The van der Waals surface area contributed by atoms with Gasteiger partial charge in [-0.15, -0.1) is 0 Å². The Morgan fingerprint density at radius 3 is 2.75 bits per heavy atom. The Bertz CT molecular complexity index is 943. The minimum Gasteiger partial charge on any atom is -0.354 e. The highest BCUT2D eigenvalue weighted by Crippen LogP contribution is 2.34. The maximum atomic E-state index is 13.0. The van der Waals surface area contributed by atoms with E-state index in [1.165, 1.54) is 0 Å². The molecule has 28 heavy (non-hydrogen) atoms. The van der Waals surface area contributed by atoms with Crippen molar-refractivity contribution in [1.82, 2.24) is 4.90 Å². The summed E-state index contributed by atoms with van der Waals surface area (Å²) in [5.74, 6) is -0.131. The molecule has 2 aliphatic heterocycles. The second kappa shape index (κ2) is 7.47. The Kier molecular flexibility index (Phi) is 5.02. The van der Waals surface area contributed by atoms with E-state index in [0.29, 0.717) is 21.8 Å². The van der Waals surface area contributed by atoms with Crippen molar-refractivity contribution in [3.05, 3.63) is 58.1 Å². The highest BCUT2D eigenvalue weighted by Gasteiger charge is 2.36. The molecule has 1 atom stereocenters. The summed E-state index contributed by atoms with van der Waals surface area (Å²) < 4.78 is 0. The number of rotatable bonds is 2. The number of hydrogen-bond donors (Lipinski definition) is 1. The Morgan fingerprint density at radius 2 is 1.96 bits per heavy atom. The zero-order valence-corrected chi connectivity index (χ0v) is 16.9. The van der Waals surface area contributed by atoms with Crippen molar-refractivity contribution in [1.29, 1.82) is 0 Å². The molecule has 0 saturated carbocycles. The predicted molar refractivity (Wildman–Crippen MR) is 112 cm³/mol. The van der Waals surface area contributed by atoms with E-state index in [1.807, 2.05) is 31.0 Å². The quantitative estimate of drug-likeness (QED) is 0.799. The molecule has 1 N–H and O–H groups in total. The van der Waals surface area contributed by atoms with Gasteiger partial charge >= 0.3 is 0 Å². The first-order valence-corrected chi connectivity index (χ1v) is 10.1. The normalized spacial score (nSPS) is 19.0. The van der Waals surface area contributed by atoms with Crippen LogP contribution >= 0.6 is 11.6 Å². The van der Waals surface area contributed by atoms with Gasteiger partial charge in [0.25, 0.3) is 11.8 Å². The summed E-state index contributed by atoms with van der Waals surface area (Å²) in [5, 5.41) is 3.58. The molecule has 0 radical (unpaired) electrons. The third kappa shape index (κ3) is 3.35. The van der Waals surface area contributed by atoms with Crippen LogP contribution in [0.15, 0.2) is 36.4 Å². The van der Waals surface area contributed by atoms with E-state index in [1.54, 1.807) is 24.3 Å². The monoisotopic (exact) mass is 397 g/mol. The zero-order chi connectivity index (χ0) is 19.8. The zero-order valence-electron chi connectivity index (χ0n) is 16.2. The molecule has 2 amide bonds. The molecule has 2 aliphatic rings. The molecule has 5 nitrogen and oxygen atoms in total. The van der Waals surface area contributed by atoms with Crippen molar-refractivity contribution in [2.75, 3.05) is 23.8 Å². The van der Waals surface area contributed by atoms with Crippen LogP contribution in [0.2, 0.25) is 5.02 Å². The van der Waals surface area contributed by atoms with E-state index in [-0.39, 0.29) is 18.0 Å². The van der Waals surface area contributed by atoms with Crippen LogP contribution in [-0.4, -0.2) is 36.5 Å². The molecule has 2 heterocycles. The largest absolute Gasteiger partial charge is 0.354 e. The van der Waals surface area contributed by atoms with Gasteiger partial charge in [-0.1, -0.05) is 18.0 Å². The van der Waals surface area contributed by atoms with E-state index >= 15 is 0 Å². The fraction of sp³-hybridized carbons (Fsp3) is 0.364. The second-order valence-corrected chi connectivity index (χ2v) is 8.00. The van der Waals surface area contributed by atoms with Gasteiger partial charge in [0.1, 0.15) is 6.17 Å². The van der Waals surface area contributed by atoms with Gasteiger partial charge in [0.2, 0.25) is 0 Å². The Hall–Kier alpha value is -2.53. The summed E-state index contributed by atoms with van der Waals surface area (Å²) in [5.41, 5.74) is 3.63. The van der Waals surface area contributed by atoms with Crippen LogP contribution in [0.3, 0.4) is 0 Å². The number of amides is 2. The van der Waals surface area contributed by atoms with Gasteiger partial charge < -0.3 is 15.1 Å². The van der Waals surface area contributed by atoms with Crippen molar-refractivity contribution in [3.63, 3.8) is 0 Å². The Labute approximate surface area is 170 Å². The highest BCUT2D eigenvalue weighted by molar-refractivity contribution is 6.31. The molecule has 0 aromatic heterocycles. The van der Waals surface area contributed by atoms with Gasteiger partial charge in [0, 0.05) is 29.9 Å². The first-order chi connectivity index (χ1) is 13.5. The summed E-state index contributed by atoms with van der Waals surface area (Å²) in [6.45, 7) is 2.70. The van der Waals surface area contributed by atoms with Crippen LogP contribution in [0, 0.1) is 6.92 Å². The van der Waals surface area contributed by atoms with Crippen LogP contribution in [0.4, 0.5) is 11.4 Å². The number of fused-ring (bicyclic) bond motifs is 2. The molecule has 1 saturated heterocycles. The van der Waals surface area contributed by atoms with Crippen LogP contribution in [0.25, 0.3) is 0 Å². The van der Waals surface area contributed by atoms with Gasteiger partial charge in [-0.2, -0.15) is 0 Å². The smallest absolute Gasteiger partial charge is 0.257 e. The Balaban J connectivity index is 1.62. The van der Waals surface area contributed by atoms with Crippen molar-refractivity contribution in [2.24, 2.45) is 0 Å². The van der Waals surface area contributed by atoms with E-state index in [2.05, 4.69) is 10.2 Å². The average molecular weight is 398 g/mol. The van der Waals surface area contributed by atoms with Gasteiger partial charge in [-0.05, 0) is 68.1 Å². The summed E-state index contributed by atoms with van der Waals surface area (Å²) in [6.07, 6.45) is 4.34. The maximum Gasteiger partial charge on any atom is 0.257 e. The van der Waals surface area contributed by atoms with Gasteiger partial charge in [-0.25, -0.2) is 0 Å². The SMILES string of the molecule is Cc1cc(NC(=O)c2ccc3c(c2)N(C)[C@H]2CCCCCN2C3=O)ccc1Cl. The molecule has 0 unspecified atom stereocenters. The number of anilines is 2. The summed E-state index contributed by atoms with van der Waals surface area (Å²) in [7, 11) is 2.01. The average Bonchev–Trinajstić information content (AvgIpc) is 2.95. The van der Waals surface area contributed by atoms with E-state index in [0.717, 1.165) is 43.5 Å². The lowest BCUT2D eigenvalue weighted by molar-refractivity contribution is 0.0661. The number of hydrogen-bond acceptors (Lipinski definition) is 3. The lowest BCUT2D eigenvalue weighted by Gasteiger charge is -2.43. The minimum atomic E-state index is -0.200. The second-order valence-electron chi connectivity index (χ2n) is 7.59. The molecule has 2 aromatic carbocycles. The molecule has 6 heteroatoms. The number of carbonyl (C=O) groups excluding carboxylic acids is 2. The van der Waals surface area contributed by atoms with Crippen molar-refractivity contribution >= 4 is 34.8 Å². The lowest BCUT2D eigenvalue weighted by Crippen LogP contribution is -2.53. The standard InChI is InChI=1S/C22H24ClN3O2/c1-14-12-16(8-10-18(14)23)24-21(27)15-7-9-17-19(13-15)25(2)20-6-4-3-5-11-26(20)22(17)28/h7-10,12-13,20H,3-6,11H2,1-2H3,(H,24,27)/t20-/m1/s1. The molecule has 146 valence electrons. The number of benzene rings is 2. The van der Waals surface area contributed by atoms with Crippen LogP contribution < -0.4 is 10.2 Å². The number of nitrogens with one attached hydrogen (secondary N) is 1. The Morgan fingerprint density at radius 1 is 1.14 bits per heavy atom. The molecule has 4 rings (SSSR count). The predicted octanol–water partition coefficient (Wildman–Crippen LogP) is 4.69. The van der Waals surface area contributed by atoms with Gasteiger partial charge in [-0.3, -0.25) is 9.59 Å². The third-order valence-electron chi connectivity index (χ3n) is 5.72. The molecular formula is C22H24ClN3O2. The van der Waals surface area contributed by atoms with Crippen molar-refractivity contribution in [3.8, 4) is 0 Å². The van der Waals surface area contributed by atoms with E-state index in [4.69, 9.17) is 11.6 Å². The third-order valence-corrected chi connectivity index (χ3v) is 6.14. The fourth-order valence-electron chi connectivity index (χ4n) is 4.12. The fourth-order valence-corrected chi connectivity index (χ4v) is 4.23. The number of nitrogens with zero attached hydrogens (tertiary/aromatic N) is 2. The first-order valence-electron chi connectivity index (χ1n) is 9.71. The number of carbonyl (C=O) groups is 2. The van der Waals surface area contributed by atoms with Crippen molar-refractivity contribution < 1.29 is 9.59 Å². The topological polar surface area (TPSA) is 52.7 Å². The molecule has 1 fully saturated rings. The van der Waals surface area contributed by atoms with E-state index < -0.39 is 0 Å². The number of aryl methyl sites for hydroxylation is 1. The minimum absolute atomic E-state index is 0.0692. The molecule has 2 aromatic rings. The van der Waals surface area contributed by atoms with Gasteiger partial charge in [0.05, 0.1) is 11.3 Å². The first kappa shape index (κ1) is 18.8. The summed E-state index contributed by atoms with van der Waals surface area (Å²) in [4.78, 5) is 29.9. The molecule has 0 bridgehead atoms. The maximum absolute atomic E-state index is 13.0. The van der Waals surface area contributed by atoms with Gasteiger partial charge in [0.15, 0.2) is 0 Å². The summed E-state index contributed by atoms with van der Waals surface area (Å²) >= 11 is 6.06. The highest BCUT2D eigenvalue weighted by atomic mass is 35.5. The lowest BCUT2D eigenvalue weighted by atomic mass is 10.0. The van der Waals surface area contributed by atoms with E-state index in [9.17, 15) is 9.59 Å². The number of halogens is 1. The van der Waals surface area contributed by atoms with Crippen LogP contribution in [0.1, 0.15) is 52.0 Å². The van der Waals surface area contributed by atoms with Crippen molar-refractivity contribution in [2.45, 2.75) is 38.8 Å². The molecular weight excluding hydrogens is 374 g/mol.